The Hall–Kier alpha value is -1.30. The van der Waals surface area contributed by atoms with Gasteiger partial charge in [0.25, 0.3) is 0 Å². The van der Waals surface area contributed by atoms with Gasteiger partial charge in [0.1, 0.15) is 5.75 Å². The third kappa shape index (κ3) is 5.77. The van der Waals surface area contributed by atoms with E-state index in [4.69, 9.17) is 10.5 Å². The fourth-order valence-electron chi connectivity index (χ4n) is 1.74. The van der Waals surface area contributed by atoms with E-state index >= 15 is 0 Å². The summed E-state index contributed by atoms with van der Waals surface area (Å²) in [7, 11) is 1.57. The number of halogens is 1. The van der Waals surface area contributed by atoms with Gasteiger partial charge in [-0.1, -0.05) is 25.5 Å². The van der Waals surface area contributed by atoms with E-state index in [-0.39, 0.29) is 24.9 Å². The van der Waals surface area contributed by atoms with Gasteiger partial charge in [-0.3, -0.25) is 4.79 Å². The van der Waals surface area contributed by atoms with Crippen LogP contribution in [0.3, 0.4) is 0 Å². The average Bonchev–Trinajstić information content (AvgIpc) is 2.44. The number of hydrogen-bond acceptors (Lipinski definition) is 4. The third-order valence-electron chi connectivity index (χ3n) is 2.88. The summed E-state index contributed by atoms with van der Waals surface area (Å²) >= 11 is 0. The largest absolute Gasteiger partial charge is 0.497 e. The molecule has 0 spiro atoms. The van der Waals surface area contributed by atoms with Crippen LogP contribution in [0.15, 0.2) is 24.3 Å². The minimum absolute atomic E-state index is 0. The molecule has 4 N–H and O–H groups in total. The van der Waals surface area contributed by atoms with Gasteiger partial charge in [0.05, 0.1) is 19.3 Å². The summed E-state index contributed by atoms with van der Waals surface area (Å²) < 4.78 is 5.08. The summed E-state index contributed by atoms with van der Waals surface area (Å²) in [6.07, 6.45) is 0.724. The molecule has 0 aliphatic heterocycles. The first-order valence-electron chi connectivity index (χ1n) is 6.43. The number of hydrogen-bond donors (Lipinski definition) is 3. The van der Waals surface area contributed by atoms with Crippen LogP contribution in [0, 0.1) is 0 Å². The van der Waals surface area contributed by atoms with Crippen molar-refractivity contribution in [2.45, 2.75) is 31.9 Å². The summed E-state index contributed by atoms with van der Waals surface area (Å²) in [4.78, 5) is 11.6. The van der Waals surface area contributed by atoms with Crippen molar-refractivity contribution in [3.63, 3.8) is 0 Å². The fourth-order valence-corrected chi connectivity index (χ4v) is 1.74. The minimum Gasteiger partial charge on any atom is -0.497 e. The summed E-state index contributed by atoms with van der Waals surface area (Å²) in [6.45, 7) is 2.11. The van der Waals surface area contributed by atoms with Crippen molar-refractivity contribution in [2.75, 3.05) is 13.7 Å². The zero-order chi connectivity index (χ0) is 14.3. The van der Waals surface area contributed by atoms with Crippen LogP contribution in [0.4, 0.5) is 0 Å². The van der Waals surface area contributed by atoms with Gasteiger partial charge in [-0.15, -0.1) is 12.4 Å². The van der Waals surface area contributed by atoms with Crippen LogP contribution in [0.25, 0.3) is 0 Å². The molecule has 1 aromatic rings. The van der Waals surface area contributed by atoms with E-state index in [2.05, 4.69) is 5.32 Å². The molecule has 0 aliphatic rings. The van der Waals surface area contributed by atoms with Crippen LogP contribution >= 0.6 is 12.4 Å². The van der Waals surface area contributed by atoms with Gasteiger partial charge in [0.15, 0.2) is 0 Å². The molecule has 1 aromatic carbocycles. The molecule has 0 bridgehead atoms. The van der Waals surface area contributed by atoms with E-state index < -0.39 is 12.1 Å². The Kier molecular flexibility index (Phi) is 8.96. The average molecular weight is 303 g/mol. The normalized spacial score (nSPS) is 13.0. The standard InChI is InChI=1S/C14H22N2O3.ClH/c1-3-5-12(15)14(18)16-9-13(17)10-6-4-7-11(8-10)19-2;/h4,6-8,12-13,17H,3,5,9,15H2,1-2H3,(H,16,18);1H. The number of methoxy groups -OCH3 is 1. The lowest BCUT2D eigenvalue weighted by atomic mass is 10.1. The Bertz CT molecular complexity index is 415. The maximum Gasteiger partial charge on any atom is 0.237 e. The highest BCUT2D eigenvalue weighted by Crippen LogP contribution is 2.18. The second kappa shape index (κ2) is 9.58. The molecule has 20 heavy (non-hydrogen) atoms. The monoisotopic (exact) mass is 302 g/mol. The molecule has 1 rings (SSSR count). The number of amides is 1. The lowest BCUT2D eigenvalue weighted by molar-refractivity contribution is -0.123. The van der Waals surface area contributed by atoms with Gasteiger partial charge in [-0.2, -0.15) is 0 Å². The zero-order valence-electron chi connectivity index (χ0n) is 11.8. The molecule has 0 aliphatic carbocycles. The molecule has 2 atom stereocenters. The van der Waals surface area contributed by atoms with Crippen molar-refractivity contribution in [1.29, 1.82) is 0 Å². The van der Waals surface area contributed by atoms with Crippen molar-refractivity contribution in [3.05, 3.63) is 29.8 Å². The SMILES string of the molecule is CCCC(N)C(=O)NCC(O)c1cccc(OC)c1.Cl. The number of rotatable bonds is 7. The van der Waals surface area contributed by atoms with Crippen LogP contribution in [0.2, 0.25) is 0 Å². The van der Waals surface area contributed by atoms with Gasteiger partial charge in [0.2, 0.25) is 5.91 Å². The molecule has 6 heteroatoms. The van der Waals surface area contributed by atoms with Gasteiger partial charge >= 0.3 is 0 Å². The van der Waals surface area contributed by atoms with Crippen molar-refractivity contribution in [3.8, 4) is 5.75 Å². The summed E-state index contributed by atoms with van der Waals surface area (Å²) in [6, 6.07) is 6.60. The highest BCUT2D eigenvalue weighted by molar-refractivity contribution is 5.85. The first kappa shape index (κ1) is 18.7. The Balaban J connectivity index is 0.00000361. The number of carbonyl (C=O) groups is 1. The number of nitrogens with two attached hydrogens (primary N) is 1. The molecule has 0 saturated heterocycles. The van der Waals surface area contributed by atoms with Crippen molar-refractivity contribution >= 4 is 18.3 Å². The molecule has 2 unspecified atom stereocenters. The van der Waals surface area contributed by atoms with Gasteiger partial charge in [-0.05, 0) is 24.1 Å². The highest BCUT2D eigenvalue weighted by atomic mass is 35.5. The van der Waals surface area contributed by atoms with Crippen LogP contribution in [-0.4, -0.2) is 30.7 Å². The summed E-state index contributed by atoms with van der Waals surface area (Å²) in [5, 5.41) is 12.6. The first-order valence-corrected chi connectivity index (χ1v) is 6.43. The molecular weight excluding hydrogens is 280 g/mol. The molecule has 0 fully saturated rings. The Labute approximate surface area is 125 Å². The van der Waals surface area contributed by atoms with E-state index in [0.29, 0.717) is 17.7 Å². The second-order valence-corrected chi connectivity index (χ2v) is 4.43. The third-order valence-corrected chi connectivity index (χ3v) is 2.88. The highest BCUT2D eigenvalue weighted by Gasteiger charge is 2.14. The topological polar surface area (TPSA) is 84.6 Å². The first-order chi connectivity index (χ1) is 9.08. The van der Waals surface area contributed by atoms with Crippen LogP contribution in [-0.2, 0) is 4.79 Å². The summed E-state index contributed by atoms with van der Waals surface area (Å²) in [5.74, 6) is 0.439. The van der Waals surface area contributed by atoms with Gasteiger partial charge in [0, 0.05) is 6.54 Å². The van der Waals surface area contributed by atoms with Crippen molar-refractivity contribution in [2.24, 2.45) is 5.73 Å². The number of aliphatic hydroxyl groups excluding tert-OH is 1. The van der Waals surface area contributed by atoms with Crippen LogP contribution in [0.1, 0.15) is 31.4 Å². The van der Waals surface area contributed by atoms with Crippen molar-refractivity contribution < 1.29 is 14.6 Å². The Morgan fingerprint density at radius 1 is 1.50 bits per heavy atom. The van der Waals surface area contributed by atoms with E-state index in [0.717, 1.165) is 6.42 Å². The maximum absolute atomic E-state index is 11.6. The van der Waals surface area contributed by atoms with Crippen molar-refractivity contribution in [1.82, 2.24) is 5.32 Å². The predicted molar refractivity (Wildman–Crippen MR) is 81.1 cm³/mol. The molecule has 0 radical (unpaired) electrons. The minimum atomic E-state index is -0.770. The predicted octanol–water partition coefficient (Wildman–Crippen LogP) is 1.39. The van der Waals surface area contributed by atoms with Crippen LogP contribution in [0.5, 0.6) is 5.75 Å². The molecule has 1 amide bonds. The van der Waals surface area contributed by atoms with E-state index in [9.17, 15) is 9.90 Å². The lowest BCUT2D eigenvalue weighted by Gasteiger charge is -2.15. The number of ether oxygens (including phenoxy) is 1. The Morgan fingerprint density at radius 3 is 2.80 bits per heavy atom. The molecule has 5 nitrogen and oxygen atoms in total. The maximum atomic E-state index is 11.6. The van der Waals surface area contributed by atoms with Crippen LogP contribution < -0.4 is 15.8 Å². The molecular formula is C14H23ClN2O3. The Morgan fingerprint density at radius 2 is 2.20 bits per heavy atom. The quantitative estimate of drug-likeness (QED) is 0.711. The number of benzene rings is 1. The molecule has 0 aromatic heterocycles. The molecule has 0 saturated carbocycles. The van der Waals surface area contributed by atoms with E-state index in [1.54, 1.807) is 31.4 Å². The molecule has 0 heterocycles. The number of aliphatic hydroxyl groups is 1. The fraction of sp³-hybridized carbons (Fsp3) is 0.500. The van der Waals surface area contributed by atoms with Gasteiger partial charge in [-0.25, -0.2) is 0 Å². The second-order valence-electron chi connectivity index (χ2n) is 4.43. The summed E-state index contributed by atoms with van der Waals surface area (Å²) in [5.41, 5.74) is 6.38. The smallest absolute Gasteiger partial charge is 0.237 e. The lowest BCUT2D eigenvalue weighted by Crippen LogP contribution is -2.41. The zero-order valence-corrected chi connectivity index (χ0v) is 12.7. The molecule has 114 valence electrons. The van der Waals surface area contributed by atoms with E-state index in [1.807, 2.05) is 6.92 Å². The van der Waals surface area contributed by atoms with E-state index in [1.165, 1.54) is 0 Å². The van der Waals surface area contributed by atoms with Gasteiger partial charge < -0.3 is 20.9 Å². The number of carbonyl (C=O) groups excluding carboxylic acids is 1. The number of nitrogens with one attached hydrogen (secondary N) is 1.